The van der Waals surface area contributed by atoms with E-state index in [0.717, 1.165) is 39.4 Å². The standard InChI is InChI=1S/C35H37N3OS/c1-21-11-13-26(14-12-21)40-20-25-16-27(24(4)15-23(25)3)32-28(19-36)34(37)38(29-10-8-7-9-22(29)2)30-17-35(5,6)18-31(39)33(30)32/h7-16,32H,17-18,20,37H2,1-6H3. The molecule has 3 aromatic rings. The molecular formula is C35H37N3OS. The molecule has 2 aliphatic rings. The number of carbonyl (C=O) groups is 1. The third-order valence-corrected chi connectivity index (χ3v) is 9.25. The van der Waals surface area contributed by atoms with Crippen LogP contribution in [-0.4, -0.2) is 5.78 Å². The summed E-state index contributed by atoms with van der Waals surface area (Å²) in [5.41, 5.74) is 16.5. The fraction of sp³-hybridized carbons (Fsp3) is 0.314. The molecule has 204 valence electrons. The van der Waals surface area contributed by atoms with Crippen molar-refractivity contribution in [3.8, 4) is 6.07 Å². The van der Waals surface area contributed by atoms with Gasteiger partial charge in [0.15, 0.2) is 5.78 Å². The maximum absolute atomic E-state index is 14.0. The van der Waals surface area contributed by atoms with Gasteiger partial charge in [-0.05, 0) is 85.5 Å². The lowest BCUT2D eigenvalue weighted by Crippen LogP contribution is -2.42. The summed E-state index contributed by atoms with van der Waals surface area (Å²) in [5.74, 6) is 0.845. The summed E-state index contributed by atoms with van der Waals surface area (Å²) in [6.45, 7) is 12.6. The number of nitrogens with zero attached hydrogens (tertiary/aromatic N) is 2. The van der Waals surface area contributed by atoms with Gasteiger partial charge in [-0.3, -0.25) is 9.69 Å². The van der Waals surface area contributed by atoms with Gasteiger partial charge in [0.05, 0.1) is 23.2 Å². The Labute approximate surface area is 242 Å². The van der Waals surface area contributed by atoms with Crippen LogP contribution in [0.15, 0.2) is 88.2 Å². The summed E-state index contributed by atoms with van der Waals surface area (Å²) in [4.78, 5) is 17.2. The van der Waals surface area contributed by atoms with Crippen molar-refractivity contribution in [3.05, 3.63) is 117 Å². The second-order valence-electron chi connectivity index (χ2n) is 12.0. The van der Waals surface area contributed by atoms with E-state index in [1.54, 1.807) is 11.8 Å². The van der Waals surface area contributed by atoms with Gasteiger partial charge in [0.1, 0.15) is 5.82 Å². The number of carbonyl (C=O) groups excluding carboxylic acids is 1. The molecule has 5 heteroatoms. The van der Waals surface area contributed by atoms with E-state index < -0.39 is 5.92 Å². The number of rotatable bonds is 5. The highest BCUT2D eigenvalue weighted by Gasteiger charge is 2.45. The maximum Gasteiger partial charge on any atom is 0.162 e. The zero-order valence-electron chi connectivity index (χ0n) is 24.3. The van der Waals surface area contributed by atoms with E-state index in [0.29, 0.717) is 24.2 Å². The fourth-order valence-corrected chi connectivity index (χ4v) is 7.05. The average Bonchev–Trinajstić information content (AvgIpc) is 2.89. The van der Waals surface area contributed by atoms with Crippen molar-refractivity contribution in [2.75, 3.05) is 4.90 Å². The summed E-state index contributed by atoms with van der Waals surface area (Å²) in [6, 6.07) is 23.5. The molecule has 40 heavy (non-hydrogen) atoms. The Kier molecular flexibility index (Phi) is 7.42. The number of allylic oxidation sites excluding steroid dienone is 3. The van der Waals surface area contributed by atoms with E-state index in [1.165, 1.54) is 21.6 Å². The molecule has 1 atom stereocenters. The number of benzene rings is 3. The minimum Gasteiger partial charge on any atom is -0.384 e. The van der Waals surface area contributed by atoms with E-state index in [4.69, 9.17) is 5.73 Å². The van der Waals surface area contributed by atoms with Crippen LogP contribution in [0.25, 0.3) is 0 Å². The van der Waals surface area contributed by atoms with Gasteiger partial charge < -0.3 is 5.73 Å². The molecule has 0 spiro atoms. The van der Waals surface area contributed by atoms with Crippen molar-refractivity contribution in [3.63, 3.8) is 0 Å². The summed E-state index contributed by atoms with van der Waals surface area (Å²) in [5, 5.41) is 10.5. The molecule has 5 rings (SSSR count). The number of anilines is 1. The van der Waals surface area contributed by atoms with Crippen molar-refractivity contribution in [2.45, 2.75) is 71.0 Å². The first-order valence-electron chi connectivity index (χ1n) is 13.8. The highest BCUT2D eigenvalue weighted by Crippen LogP contribution is 2.51. The van der Waals surface area contributed by atoms with E-state index in [9.17, 15) is 10.1 Å². The van der Waals surface area contributed by atoms with Gasteiger partial charge in [-0.2, -0.15) is 5.26 Å². The predicted molar refractivity (Wildman–Crippen MR) is 165 cm³/mol. The predicted octanol–water partition coefficient (Wildman–Crippen LogP) is 8.15. The molecule has 0 bridgehead atoms. The number of para-hydroxylation sites is 1. The van der Waals surface area contributed by atoms with Gasteiger partial charge in [-0.15, -0.1) is 11.8 Å². The van der Waals surface area contributed by atoms with Gasteiger partial charge in [0.25, 0.3) is 0 Å². The van der Waals surface area contributed by atoms with Crippen molar-refractivity contribution >= 4 is 23.2 Å². The lowest BCUT2D eigenvalue weighted by atomic mass is 9.68. The molecule has 2 N–H and O–H groups in total. The van der Waals surface area contributed by atoms with Crippen molar-refractivity contribution in [2.24, 2.45) is 11.1 Å². The normalized spacial score (nSPS) is 18.6. The molecule has 3 aromatic carbocycles. The average molecular weight is 548 g/mol. The van der Waals surface area contributed by atoms with Gasteiger partial charge in [0, 0.05) is 28.3 Å². The molecule has 0 saturated heterocycles. The van der Waals surface area contributed by atoms with Crippen molar-refractivity contribution in [1.82, 2.24) is 0 Å². The topological polar surface area (TPSA) is 70.1 Å². The Morgan fingerprint density at radius 3 is 2.35 bits per heavy atom. The Balaban J connectivity index is 1.67. The molecule has 1 aliphatic heterocycles. The maximum atomic E-state index is 14.0. The molecule has 0 fully saturated rings. The number of Topliss-reactive ketones (excluding diaryl/α,β-unsaturated/α-hetero) is 1. The first kappa shape index (κ1) is 27.8. The van der Waals surface area contributed by atoms with E-state index in [1.807, 2.05) is 36.1 Å². The summed E-state index contributed by atoms with van der Waals surface area (Å²) in [7, 11) is 0. The molecular weight excluding hydrogens is 510 g/mol. The van der Waals surface area contributed by atoms with Gasteiger partial charge in [-0.1, -0.05) is 61.9 Å². The molecule has 0 aromatic heterocycles. The second kappa shape index (κ2) is 10.7. The molecule has 1 unspecified atom stereocenters. The molecule has 4 nitrogen and oxygen atoms in total. The number of ketones is 1. The number of hydrogen-bond donors (Lipinski definition) is 1. The number of thioether (sulfide) groups is 1. The van der Waals surface area contributed by atoms with Gasteiger partial charge in [-0.25, -0.2) is 0 Å². The highest BCUT2D eigenvalue weighted by atomic mass is 32.2. The quantitative estimate of drug-likeness (QED) is 0.326. The first-order valence-corrected chi connectivity index (χ1v) is 14.8. The van der Waals surface area contributed by atoms with Gasteiger partial charge in [0.2, 0.25) is 0 Å². The number of nitrogens with two attached hydrogens (primary N) is 1. The lowest BCUT2D eigenvalue weighted by Gasteiger charge is -2.44. The zero-order valence-corrected chi connectivity index (χ0v) is 25.1. The van der Waals surface area contributed by atoms with Crippen LogP contribution in [0.2, 0.25) is 0 Å². The summed E-state index contributed by atoms with van der Waals surface area (Å²) >= 11 is 1.80. The molecule has 0 saturated carbocycles. The molecule has 1 heterocycles. The van der Waals surface area contributed by atoms with Crippen LogP contribution >= 0.6 is 11.8 Å². The molecule has 0 radical (unpaired) electrons. The van der Waals surface area contributed by atoms with Crippen molar-refractivity contribution < 1.29 is 4.79 Å². The van der Waals surface area contributed by atoms with Crippen LogP contribution in [0.5, 0.6) is 0 Å². The van der Waals surface area contributed by atoms with Crippen LogP contribution in [0.1, 0.15) is 66.0 Å². The SMILES string of the molecule is Cc1ccc(SCc2cc(C3C(C#N)=C(N)N(c4ccccc4C)C4=C3C(=O)CC(C)(C)C4)c(C)cc2C)cc1. The van der Waals surface area contributed by atoms with Crippen LogP contribution < -0.4 is 10.6 Å². The monoisotopic (exact) mass is 547 g/mol. The minimum atomic E-state index is -0.479. The van der Waals surface area contributed by atoms with Crippen LogP contribution in [0.3, 0.4) is 0 Å². The Morgan fingerprint density at radius 1 is 0.975 bits per heavy atom. The molecule has 1 aliphatic carbocycles. The highest BCUT2D eigenvalue weighted by molar-refractivity contribution is 7.98. The van der Waals surface area contributed by atoms with E-state index in [2.05, 4.69) is 77.1 Å². The first-order chi connectivity index (χ1) is 19.0. The Hall–Kier alpha value is -3.75. The smallest absolute Gasteiger partial charge is 0.162 e. The Morgan fingerprint density at radius 2 is 1.68 bits per heavy atom. The fourth-order valence-electron chi connectivity index (χ4n) is 6.09. The largest absolute Gasteiger partial charge is 0.384 e. The number of nitriles is 1. The Bertz CT molecular complexity index is 1600. The van der Waals surface area contributed by atoms with Crippen LogP contribution in [0.4, 0.5) is 5.69 Å². The minimum absolute atomic E-state index is 0.102. The third kappa shape index (κ3) is 5.09. The van der Waals surface area contributed by atoms with Crippen molar-refractivity contribution in [1.29, 1.82) is 5.26 Å². The number of aryl methyl sites for hydroxylation is 4. The number of hydrogen-bond acceptors (Lipinski definition) is 5. The lowest BCUT2D eigenvalue weighted by molar-refractivity contribution is -0.118. The molecule has 0 amide bonds. The zero-order chi connectivity index (χ0) is 28.8. The van der Waals surface area contributed by atoms with Crippen LogP contribution in [0, 0.1) is 44.4 Å². The second-order valence-corrected chi connectivity index (χ2v) is 13.1. The summed E-state index contributed by atoms with van der Waals surface area (Å²) in [6.07, 6.45) is 1.16. The van der Waals surface area contributed by atoms with Gasteiger partial charge >= 0.3 is 0 Å². The van der Waals surface area contributed by atoms with E-state index >= 15 is 0 Å². The van der Waals surface area contributed by atoms with Crippen LogP contribution in [-0.2, 0) is 10.5 Å². The summed E-state index contributed by atoms with van der Waals surface area (Å²) < 4.78 is 0. The third-order valence-electron chi connectivity index (χ3n) is 8.19. The van der Waals surface area contributed by atoms with E-state index in [-0.39, 0.29) is 11.2 Å².